The predicted octanol–water partition coefficient (Wildman–Crippen LogP) is 3.88. The van der Waals surface area contributed by atoms with E-state index in [-0.39, 0.29) is 0 Å². The normalized spacial score (nSPS) is 12.5. The zero-order chi connectivity index (χ0) is 13.9. The van der Waals surface area contributed by atoms with E-state index in [9.17, 15) is 5.11 Å². The van der Waals surface area contributed by atoms with Crippen LogP contribution in [0.3, 0.4) is 0 Å². The van der Waals surface area contributed by atoms with Crippen molar-refractivity contribution < 1.29 is 5.11 Å². The lowest BCUT2D eigenvalue weighted by molar-refractivity contribution is 0.220. The molecule has 1 aromatic heterocycles. The second kappa shape index (κ2) is 5.43. The number of hydrogen-bond donors (Lipinski definition) is 1. The van der Waals surface area contributed by atoms with Gasteiger partial charge in [-0.25, -0.2) is 0 Å². The monoisotopic (exact) mass is 263 g/mol. The van der Waals surface area contributed by atoms with Crippen LogP contribution in [0.4, 0.5) is 0 Å². The standard InChI is InChI=1S/C18H17NO/c1-2-13-5-7-15(8-6-13)18(20)16-10-9-14-4-3-11-19-17(14)12-16/h3-12,18,20H,2H2,1H3. The summed E-state index contributed by atoms with van der Waals surface area (Å²) in [7, 11) is 0. The van der Waals surface area contributed by atoms with E-state index in [1.54, 1.807) is 6.20 Å². The maximum absolute atomic E-state index is 10.5. The fraction of sp³-hybridized carbons (Fsp3) is 0.167. The summed E-state index contributed by atoms with van der Waals surface area (Å²) in [6.45, 7) is 2.13. The van der Waals surface area contributed by atoms with Crippen LogP contribution in [0.25, 0.3) is 10.9 Å². The van der Waals surface area contributed by atoms with Crippen LogP contribution in [0.2, 0.25) is 0 Å². The van der Waals surface area contributed by atoms with E-state index in [1.165, 1.54) is 5.56 Å². The summed E-state index contributed by atoms with van der Waals surface area (Å²) in [6.07, 6.45) is 2.18. The third-order valence-electron chi connectivity index (χ3n) is 3.65. The fourth-order valence-electron chi connectivity index (χ4n) is 2.38. The number of rotatable bonds is 3. The first kappa shape index (κ1) is 12.8. The minimum absolute atomic E-state index is 0.604. The summed E-state index contributed by atoms with van der Waals surface area (Å²) in [5.41, 5.74) is 3.98. The summed E-state index contributed by atoms with van der Waals surface area (Å²) >= 11 is 0. The predicted molar refractivity (Wildman–Crippen MR) is 81.6 cm³/mol. The van der Waals surface area contributed by atoms with Gasteiger partial charge in [-0.3, -0.25) is 4.98 Å². The molecule has 100 valence electrons. The topological polar surface area (TPSA) is 33.1 Å². The average Bonchev–Trinajstić information content (AvgIpc) is 2.54. The largest absolute Gasteiger partial charge is 0.384 e. The Kier molecular flexibility index (Phi) is 3.48. The molecule has 0 aliphatic carbocycles. The van der Waals surface area contributed by atoms with Crippen molar-refractivity contribution in [1.82, 2.24) is 4.98 Å². The third kappa shape index (κ3) is 2.43. The highest BCUT2D eigenvalue weighted by molar-refractivity contribution is 5.79. The molecule has 0 saturated carbocycles. The number of nitrogens with zero attached hydrogens (tertiary/aromatic N) is 1. The van der Waals surface area contributed by atoms with Gasteiger partial charge in [-0.15, -0.1) is 0 Å². The van der Waals surface area contributed by atoms with Crippen molar-refractivity contribution in [2.24, 2.45) is 0 Å². The number of aromatic nitrogens is 1. The Morgan fingerprint density at radius 3 is 2.50 bits per heavy atom. The van der Waals surface area contributed by atoms with Gasteiger partial charge >= 0.3 is 0 Å². The maximum atomic E-state index is 10.5. The summed E-state index contributed by atoms with van der Waals surface area (Å²) < 4.78 is 0. The Morgan fingerprint density at radius 1 is 1.00 bits per heavy atom. The lowest BCUT2D eigenvalue weighted by Gasteiger charge is -2.12. The van der Waals surface area contributed by atoms with Crippen molar-refractivity contribution in [1.29, 1.82) is 0 Å². The van der Waals surface area contributed by atoms with E-state index >= 15 is 0 Å². The molecule has 20 heavy (non-hydrogen) atoms. The molecule has 0 saturated heterocycles. The number of pyridine rings is 1. The highest BCUT2D eigenvalue weighted by Gasteiger charge is 2.11. The molecule has 1 unspecified atom stereocenters. The molecule has 0 amide bonds. The van der Waals surface area contributed by atoms with E-state index in [4.69, 9.17) is 0 Å². The number of aliphatic hydroxyl groups is 1. The zero-order valence-electron chi connectivity index (χ0n) is 11.5. The van der Waals surface area contributed by atoms with Crippen LogP contribution < -0.4 is 0 Å². The van der Waals surface area contributed by atoms with Gasteiger partial charge in [0.2, 0.25) is 0 Å². The lowest BCUT2D eigenvalue weighted by Crippen LogP contribution is -2.00. The minimum Gasteiger partial charge on any atom is -0.384 e. The van der Waals surface area contributed by atoms with E-state index in [1.807, 2.05) is 42.5 Å². The van der Waals surface area contributed by atoms with Crippen molar-refractivity contribution in [3.63, 3.8) is 0 Å². The third-order valence-corrected chi connectivity index (χ3v) is 3.65. The average molecular weight is 263 g/mol. The van der Waals surface area contributed by atoms with Crippen molar-refractivity contribution >= 4 is 10.9 Å². The van der Waals surface area contributed by atoms with E-state index < -0.39 is 6.10 Å². The number of hydrogen-bond acceptors (Lipinski definition) is 2. The Bertz CT molecular complexity index is 719. The summed E-state index contributed by atoms with van der Waals surface area (Å²) in [5.74, 6) is 0. The second-order valence-electron chi connectivity index (χ2n) is 4.95. The number of aliphatic hydroxyl groups excluding tert-OH is 1. The molecule has 2 nitrogen and oxygen atoms in total. The minimum atomic E-state index is -0.604. The maximum Gasteiger partial charge on any atom is 0.104 e. The van der Waals surface area contributed by atoms with E-state index in [0.717, 1.165) is 28.5 Å². The van der Waals surface area contributed by atoms with Crippen LogP contribution in [0.5, 0.6) is 0 Å². The molecule has 0 aliphatic rings. The number of aryl methyl sites for hydroxylation is 1. The Morgan fingerprint density at radius 2 is 1.75 bits per heavy atom. The lowest BCUT2D eigenvalue weighted by atomic mass is 9.99. The molecule has 0 fully saturated rings. The SMILES string of the molecule is CCc1ccc(C(O)c2ccc3cccnc3c2)cc1. The fourth-order valence-corrected chi connectivity index (χ4v) is 2.38. The Labute approximate surface area is 118 Å². The zero-order valence-corrected chi connectivity index (χ0v) is 11.5. The van der Waals surface area contributed by atoms with Gasteiger partial charge in [0.1, 0.15) is 6.10 Å². The van der Waals surface area contributed by atoms with Crippen molar-refractivity contribution in [2.75, 3.05) is 0 Å². The van der Waals surface area contributed by atoms with E-state index in [2.05, 4.69) is 24.0 Å². The van der Waals surface area contributed by atoms with E-state index in [0.29, 0.717) is 0 Å². The van der Waals surface area contributed by atoms with Crippen molar-refractivity contribution in [2.45, 2.75) is 19.4 Å². The molecule has 0 aliphatic heterocycles. The van der Waals surface area contributed by atoms with Gasteiger partial charge in [-0.2, -0.15) is 0 Å². The smallest absolute Gasteiger partial charge is 0.104 e. The molecule has 3 aromatic rings. The molecular weight excluding hydrogens is 246 g/mol. The quantitative estimate of drug-likeness (QED) is 0.778. The summed E-state index contributed by atoms with van der Waals surface area (Å²) in [5, 5.41) is 11.6. The van der Waals surface area contributed by atoms with Crippen LogP contribution in [0.15, 0.2) is 60.8 Å². The molecule has 2 aromatic carbocycles. The molecule has 3 rings (SSSR count). The first-order chi connectivity index (χ1) is 9.78. The van der Waals surface area contributed by atoms with Crippen molar-refractivity contribution in [3.05, 3.63) is 77.5 Å². The van der Waals surface area contributed by atoms with Crippen LogP contribution in [-0.4, -0.2) is 10.1 Å². The van der Waals surface area contributed by atoms with Gasteiger partial charge in [0, 0.05) is 11.6 Å². The Hall–Kier alpha value is -2.19. The molecule has 0 radical (unpaired) electrons. The highest BCUT2D eigenvalue weighted by atomic mass is 16.3. The molecule has 0 bridgehead atoms. The first-order valence-corrected chi connectivity index (χ1v) is 6.89. The molecule has 1 heterocycles. The van der Waals surface area contributed by atoms with Crippen LogP contribution in [0.1, 0.15) is 29.7 Å². The van der Waals surface area contributed by atoms with Gasteiger partial charge in [-0.05, 0) is 35.2 Å². The van der Waals surface area contributed by atoms with Gasteiger partial charge < -0.3 is 5.11 Å². The van der Waals surface area contributed by atoms with Gasteiger partial charge in [0.05, 0.1) is 5.52 Å². The van der Waals surface area contributed by atoms with Crippen molar-refractivity contribution in [3.8, 4) is 0 Å². The molecular formula is C18H17NO. The second-order valence-corrected chi connectivity index (χ2v) is 4.95. The number of benzene rings is 2. The van der Waals surface area contributed by atoms with Gasteiger partial charge in [0.15, 0.2) is 0 Å². The molecule has 1 atom stereocenters. The van der Waals surface area contributed by atoms with Crippen LogP contribution >= 0.6 is 0 Å². The number of fused-ring (bicyclic) bond motifs is 1. The first-order valence-electron chi connectivity index (χ1n) is 6.89. The van der Waals surface area contributed by atoms with Gasteiger partial charge in [0.25, 0.3) is 0 Å². The van der Waals surface area contributed by atoms with Crippen LogP contribution in [0, 0.1) is 0 Å². The summed E-state index contributed by atoms with van der Waals surface area (Å²) in [6, 6.07) is 18.0. The summed E-state index contributed by atoms with van der Waals surface area (Å²) in [4.78, 5) is 4.33. The van der Waals surface area contributed by atoms with Crippen LogP contribution in [-0.2, 0) is 6.42 Å². The molecule has 1 N–H and O–H groups in total. The highest BCUT2D eigenvalue weighted by Crippen LogP contribution is 2.25. The molecule has 2 heteroatoms. The Balaban J connectivity index is 1.96. The molecule has 0 spiro atoms. The van der Waals surface area contributed by atoms with Gasteiger partial charge in [-0.1, -0.05) is 49.4 Å².